The molecule has 1 aromatic carbocycles. The van der Waals surface area contributed by atoms with E-state index in [9.17, 15) is 0 Å². The van der Waals surface area contributed by atoms with Gasteiger partial charge in [0, 0.05) is 10.6 Å². The van der Waals surface area contributed by atoms with E-state index in [-0.39, 0.29) is 0 Å². The largest absolute Gasteiger partial charge is 0.464 e. The van der Waals surface area contributed by atoms with Gasteiger partial charge in [-0.25, -0.2) is 0 Å². The highest BCUT2D eigenvalue weighted by Crippen LogP contribution is 2.29. The highest BCUT2D eigenvalue weighted by molar-refractivity contribution is 6.31. The van der Waals surface area contributed by atoms with Gasteiger partial charge < -0.3 is 4.42 Å². The summed E-state index contributed by atoms with van der Waals surface area (Å²) in [7, 11) is 0. The summed E-state index contributed by atoms with van der Waals surface area (Å²) in [6, 6.07) is 9.24. The van der Waals surface area contributed by atoms with Crippen LogP contribution in [0.5, 0.6) is 0 Å². The zero-order valence-electron chi connectivity index (χ0n) is 8.12. The van der Waals surface area contributed by atoms with Crippen LogP contribution < -0.4 is 0 Å². The van der Waals surface area contributed by atoms with Crippen LogP contribution in [0.15, 0.2) is 34.9 Å². The minimum atomic E-state index is 0.576. The molecule has 0 radical (unpaired) electrons. The molecule has 1 aromatic heterocycles. The lowest BCUT2D eigenvalue weighted by Gasteiger charge is -2.04. The Bertz CT molecular complexity index is 523. The second-order valence-corrected chi connectivity index (χ2v) is 3.64. The summed E-state index contributed by atoms with van der Waals surface area (Å²) in [5.41, 5.74) is 2.20. The molecular formula is C12H8ClNO. The summed E-state index contributed by atoms with van der Waals surface area (Å²) in [6.45, 7) is 1.87. The highest BCUT2D eigenvalue weighted by atomic mass is 35.5. The number of furan rings is 1. The van der Waals surface area contributed by atoms with Crippen LogP contribution in [0.2, 0.25) is 5.02 Å². The number of rotatable bonds is 1. The Morgan fingerprint density at radius 1 is 1.40 bits per heavy atom. The predicted octanol–water partition coefficient (Wildman–Crippen LogP) is 3.78. The molecule has 0 fully saturated rings. The number of aryl methyl sites for hydroxylation is 1. The Labute approximate surface area is 92.7 Å². The van der Waals surface area contributed by atoms with Crippen LogP contribution in [-0.4, -0.2) is 0 Å². The van der Waals surface area contributed by atoms with E-state index in [1.165, 1.54) is 0 Å². The van der Waals surface area contributed by atoms with Crippen LogP contribution in [0.25, 0.3) is 11.3 Å². The highest BCUT2D eigenvalue weighted by Gasteiger charge is 2.09. The molecule has 15 heavy (non-hydrogen) atoms. The smallest absolute Gasteiger partial charge is 0.135 e. The van der Waals surface area contributed by atoms with Gasteiger partial charge in [0.1, 0.15) is 5.76 Å². The molecule has 3 heteroatoms. The van der Waals surface area contributed by atoms with Crippen molar-refractivity contribution >= 4 is 11.6 Å². The van der Waals surface area contributed by atoms with Gasteiger partial charge >= 0.3 is 0 Å². The van der Waals surface area contributed by atoms with E-state index in [2.05, 4.69) is 6.07 Å². The van der Waals surface area contributed by atoms with Crippen molar-refractivity contribution in [3.63, 3.8) is 0 Å². The molecule has 0 N–H and O–H groups in total. The number of halogens is 1. The first-order chi connectivity index (χ1) is 7.22. The molecule has 2 nitrogen and oxygen atoms in total. The summed E-state index contributed by atoms with van der Waals surface area (Å²) < 4.78 is 5.25. The van der Waals surface area contributed by atoms with Gasteiger partial charge in [-0.15, -0.1) is 0 Å². The van der Waals surface area contributed by atoms with Gasteiger partial charge in [-0.2, -0.15) is 5.26 Å². The molecule has 0 aliphatic carbocycles. The monoisotopic (exact) mass is 217 g/mol. The van der Waals surface area contributed by atoms with Gasteiger partial charge in [-0.05, 0) is 36.8 Å². The Morgan fingerprint density at radius 3 is 2.80 bits per heavy atom. The number of nitriles is 1. The van der Waals surface area contributed by atoms with E-state index in [1.54, 1.807) is 24.5 Å². The fraction of sp³-hybridized carbons (Fsp3) is 0.0833. The Morgan fingerprint density at radius 2 is 2.20 bits per heavy atom. The van der Waals surface area contributed by atoms with Gasteiger partial charge in [-0.1, -0.05) is 11.6 Å². The molecule has 0 aliphatic heterocycles. The first-order valence-corrected chi connectivity index (χ1v) is 4.84. The predicted molar refractivity (Wildman–Crippen MR) is 58.6 cm³/mol. The van der Waals surface area contributed by atoms with Crippen molar-refractivity contribution in [2.75, 3.05) is 0 Å². The minimum Gasteiger partial charge on any atom is -0.464 e. The Kier molecular flexibility index (Phi) is 2.49. The van der Waals surface area contributed by atoms with Crippen LogP contribution in [0.1, 0.15) is 11.1 Å². The molecule has 74 valence electrons. The van der Waals surface area contributed by atoms with E-state index in [0.29, 0.717) is 16.3 Å². The van der Waals surface area contributed by atoms with Gasteiger partial charge in [0.15, 0.2) is 0 Å². The Hall–Kier alpha value is -1.72. The molecule has 0 amide bonds. The lowest BCUT2D eigenvalue weighted by atomic mass is 10.0. The van der Waals surface area contributed by atoms with Crippen molar-refractivity contribution in [3.8, 4) is 17.4 Å². The van der Waals surface area contributed by atoms with E-state index >= 15 is 0 Å². The second-order valence-electron chi connectivity index (χ2n) is 3.24. The maximum absolute atomic E-state index is 9.00. The molecule has 0 spiro atoms. The number of hydrogen-bond donors (Lipinski definition) is 0. The fourth-order valence-electron chi connectivity index (χ4n) is 1.41. The van der Waals surface area contributed by atoms with Crippen molar-refractivity contribution in [1.29, 1.82) is 5.26 Å². The lowest BCUT2D eigenvalue weighted by molar-refractivity contribution is 0.582. The van der Waals surface area contributed by atoms with E-state index < -0.39 is 0 Å². The zero-order valence-corrected chi connectivity index (χ0v) is 8.88. The first kappa shape index (κ1) is 9.82. The zero-order chi connectivity index (χ0) is 10.8. The maximum atomic E-state index is 9.00. The summed E-state index contributed by atoms with van der Waals surface area (Å²) in [5, 5.41) is 9.64. The van der Waals surface area contributed by atoms with Crippen molar-refractivity contribution < 1.29 is 4.42 Å². The van der Waals surface area contributed by atoms with Crippen LogP contribution in [0.3, 0.4) is 0 Å². The number of nitrogens with zero attached hydrogens (tertiary/aromatic N) is 1. The van der Waals surface area contributed by atoms with Crippen LogP contribution >= 0.6 is 11.6 Å². The van der Waals surface area contributed by atoms with Crippen molar-refractivity contribution in [2.24, 2.45) is 0 Å². The molecule has 0 aliphatic rings. The number of benzene rings is 1. The third-order valence-electron chi connectivity index (χ3n) is 2.21. The van der Waals surface area contributed by atoms with Crippen LogP contribution in [0, 0.1) is 18.3 Å². The Balaban J connectivity index is 2.67. The SMILES string of the molecule is Cc1cc(C#N)c(-c2ccco2)cc1Cl. The summed E-state index contributed by atoms with van der Waals surface area (Å²) in [5.74, 6) is 0.661. The van der Waals surface area contributed by atoms with Gasteiger partial charge in [0.25, 0.3) is 0 Å². The molecule has 0 unspecified atom stereocenters. The molecule has 1 heterocycles. The standard InChI is InChI=1S/C12H8ClNO/c1-8-5-9(7-14)10(6-11(8)13)12-3-2-4-15-12/h2-6H,1H3. The van der Waals surface area contributed by atoms with E-state index in [1.807, 2.05) is 13.0 Å². The van der Waals surface area contributed by atoms with E-state index in [0.717, 1.165) is 11.1 Å². The maximum Gasteiger partial charge on any atom is 0.135 e. The average Bonchev–Trinajstić information content (AvgIpc) is 2.74. The minimum absolute atomic E-state index is 0.576. The van der Waals surface area contributed by atoms with Crippen LogP contribution in [0.4, 0.5) is 0 Å². The summed E-state index contributed by atoms with van der Waals surface area (Å²) in [4.78, 5) is 0. The van der Waals surface area contributed by atoms with Gasteiger partial charge in [-0.3, -0.25) is 0 Å². The van der Waals surface area contributed by atoms with Crippen molar-refractivity contribution in [3.05, 3.63) is 46.7 Å². The number of hydrogen-bond acceptors (Lipinski definition) is 2. The summed E-state index contributed by atoms with van der Waals surface area (Å²) in [6.07, 6.45) is 1.57. The molecule has 2 rings (SSSR count). The second kappa shape index (κ2) is 3.80. The molecule has 0 atom stereocenters. The van der Waals surface area contributed by atoms with E-state index in [4.69, 9.17) is 21.3 Å². The average molecular weight is 218 g/mol. The van der Waals surface area contributed by atoms with Crippen molar-refractivity contribution in [1.82, 2.24) is 0 Å². The lowest BCUT2D eigenvalue weighted by Crippen LogP contribution is -1.85. The van der Waals surface area contributed by atoms with Gasteiger partial charge in [0.2, 0.25) is 0 Å². The molecular weight excluding hydrogens is 210 g/mol. The third-order valence-corrected chi connectivity index (χ3v) is 2.61. The topological polar surface area (TPSA) is 36.9 Å². The first-order valence-electron chi connectivity index (χ1n) is 4.46. The molecule has 2 aromatic rings. The third kappa shape index (κ3) is 1.74. The summed E-state index contributed by atoms with van der Waals surface area (Å²) >= 11 is 6.01. The fourth-order valence-corrected chi connectivity index (χ4v) is 1.57. The normalized spacial score (nSPS) is 9.93. The molecule has 0 saturated carbocycles. The van der Waals surface area contributed by atoms with Crippen molar-refractivity contribution in [2.45, 2.75) is 6.92 Å². The molecule has 0 bridgehead atoms. The quantitative estimate of drug-likeness (QED) is 0.729. The molecule has 0 saturated heterocycles. The van der Waals surface area contributed by atoms with Gasteiger partial charge in [0.05, 0.1) is 17.9 Å². The van der Waals surface area contributed by atoms with Crippen LogP contribution in [-0.2, 0) is 0 Å².